The van der Waals surface area contributed by atoms with Crippen LogP contribution >= 0.6 is 0 Å². The highest BCUT2D eigenvalue weighted by molar-refractivity contribution is 5.88. The van der Waals surface area contributed by atoms with Crippen LogP contribution in [-0.2, 0) is 17.5 Å². The lowest BCUT2D eigenvalue weighted by atomic mass is 10.2. The molecule has 3 aromatic rings. The van der Waals surface area contributed by atoms with Crippen LogP contribution in [0.4, 0.5) is 24.9 Å². The fourth-order valence-corrected chi connectivity index (χ4v) is 3.40. The van der Waals surface area contributed by atoms with Crippen LogP contribution in [0.3, 0.4) is 0 Å². The Labute approximate surface area is 176 Å². The van der Waals surface area contributed by atoms with E-state index < -0.39 is 11.9 Å². The fraction of sp³-hybridized carbons (Fsp3) is 0.400. The first-order valence-corrected chi connectivity index (χ1v) is 9.68. The minimum atomic E-state index is -4.55. The van der Waals surface area contributed by atoms with Crippen molar-refractivity contribution < 1.29 is 22.6 Å². The van der Waals surface area contributed by atoms with E-state index in [2.05, 4.69) is 25.3 Å². The number of fused-ring (bicyclic) bond motifs is 1. The zero-order valence-corrected chi connectivity index (χ0v) is 17.0. The van der Waals surface area contributed by atoms with E-state index in [1.807, 2.05) is 11.8 Å². The average molecular weight is 434 g/mol. The Hall–Kier alpha value is -3.21. The van der Waals surface area contributed by atoms with Crippen molar-refractivity contribution in [2.45, 2.75) is 25.7 Å². The summed E-state index contributed by atoms with van der Waals surface area (Å²) < 4.78 is 50.7. The quantitative estimate of drug-likeness (QED) is 0.655. The molecule has 1 aliphatic rings. The van der Waals surface area contributed by atoms with Crippen LogP contribution in [0, 0.1) is 0 Å². The summed E-state index contributed by atoms with van der Waals surface area (Å²) in [4.78, 5) is 19.0. The lowest BCUT2D eigenvalue weighted by Crippen LogP contribution is -2.44. The minimum Gasteiger partial charge on any atom is -0.495 e. The normalized spacial score (nSPS) is 17.1. The van der Waals surface area contributed by atoms with E-state index in [0.29, 0.717) is 48.3 Å². The van der Waals surface area contributed by atoms with Gasteiger partial charge in [0.2, 0.25) is 5.95 Å². The van der Waals surface area contributed by atoms with Crippen LogP contribution in [-0.4, -0.2) is 52.8 Å². The highest BCUT2D eigenvalue weighted by Gasteiger charge is 2.35. The SMILES string of the molecule is COc1cnc2nc(N3CCOCC3C)nc(NCc3cccnc3C(F)(F)F)c2c1. The molecule has 0 aliphatic carbocycles. The number of alkyl halides is 3. The van der Waals surface area contributed by atoms with Crippen molar-refractivity contribution in [2.75, 3.05) is 37.1 Å². The third-order valence-corrected chi connectivity index (χ3v) is 4.98. The molecule has 1 unspecified atom stereocenters. The Kier molecular flexibility index (Phi) is 5.77. The van der Waals surface area contributed by atoms with Crippen LogP contribution in [0.15, 0.2) is 30.6 Å². The van der Waals surface area contributed by atoms with E-state index in [1.165, 1.54) is 25.4 Å². The maximum Gasteiger partial charge on any atom is 0.433 e. The molecule has 8 nitrogen and oxygen atoms in total. The molecule has 4 heterocycles. The molecular formula is C20H21F3N6O2. The standard InChI is InChI=1S/C20H21F3N6O2/c1-12-11-31-7-6-29(12)19-27-17(15-8-14(30-2)10-26-18(15)28-19)25-9-13-4-3-5-24-16(13)20(21,22)23/h3-5,8,10,12H,6-7,9,11H2,1-2H3,(H,25,26,27,28). The summed E-state index contributed by atoms with van der Waals surface area (Å²) in [6, 6.07) is 4.60. The second kappa shape index (κ2) is 8.50. The number of rotatable bonds is 5. The van der Waals surface area contributed by atoms with Crippen molar-refractivity contribution in [3.63, 3.8) is 0 Å². The highest BCUT2D eigenvalue weighted by Crippen LogP contribution is 2.31. The summed E-state index contributed by atoms with van der Waals surface area (Å²) in [5.74, 6) is 1.29. The number of ether oxygens (including phenoxy) is 2. The summed E-state index contributed by atoms with van der Waals surface area (Å²) in [7, 11) is 1.51. The molecule has 1 saturated heterocycles. The average Bonchev–Trinajstić information content (AvgIpc) is 2.77. The molecule has 4 rings (SSSR count). The van der Waals surface area contributed by atoms with Gasteiger partial charge in [-0.3, -0.25) is 4.98 Å². The maximum absolute atomic E-state index is 13.3. The van der Waals surface area contributed by atoms with Crippen molar-refractivity contribution in [3.8, 4) is 5.75 Å². The van der Waals surface area contributed by atoms with Crippen LogP contribution in [0.5, 0.6) is 5.75 Å². The molecule has 0 aromatic carbocycles. The van der Waals surface area contributed by atoms with Crippen molar-refractivity contribution in [1.29, 1.82) is 0 Å². The van der Waals surface area contributed by atoms with Crippen LogP contribution in [0.1, 0.15) is 18.2 Å². The number of methoxy groups -OCH3 is 1. The monoisotopic (exact) mass is 434 g/mol. The molecular weight excluding hydrogens is 413 g/mol. The molecule has 0 bridgehead atoms. The summed E-state index contributed by atoms with van der Waals surface area (Å²) >= 11 is 0. The highest BCUT2D eigenvalue weighted by atomic mass is 19.4. The molecule has 1 aliphatic heterocycles. The lowest BCUT2D eigenvalue weighted by molar-refractivity contribution is -0.141. The van der Waals surface area contributed by atoms with Gasteiger partial charge >= 0.3 is 6.18 Å². The van der Waals surface area contributed by atoms with Crippen molar-refractivity contribution >= 4 is 22.8 Å². The number of nitrogens with one attached hydrogen (secondary N) is 1. The van der Waals surface area contributed by atoms with E-state index in [-0.39, 0.29) is 18.2 Å². The van der Waals surface area contributed by atoms with Crippen molar-refractivity contribution in [3.05, 3.63) is 41.9 Å². The first-order chi connectivity index (χ1) is 14.9. The molecule has 0 amide bonds. The zero-order chi connectivity index (χ0) is 22.0. The number of hydrogen-bond acceptors (Lipinski definition) is 8. The third-order valence-electron chi connectivity index (χ3n) is 4.98. The van der Waals surface area contributed by atoms with Gasteiger partial charge in [0, 0.05) is 24.8 Å². The number of anilines is 2. The summed E-state index contributed by atoms with van der Waals surface area (Å²) in [6.07, 6.45) is -1.89. The number of halogens is 3. The van der Waals surface area contributed by atoms with Gasteiger partial charge in [0.15, 0.2) is 5.65 Å². The van der Waals surface area contributed by atoms with E-state index in [1.54, 1.807) is 6.07 Å². The van der Waals surface area contributed by atoms with Gasteiger partial charge in [0.1, 0.15) is 17.3 Å². The Morgan fingerprint density at radius 3 is 2.87 bits per heavy atom. The van der Waals surface area contributed by atoms with Crippen LogP contribution in [0.25, 0.3) is 11.0 Å². The second-order valence-electron chi connectivity index (χ2n) is 7.10. The van der Waals surface area contributed by atoms with E-state index in [9.17, 15) is 13.2 Å². The van der Waals surface area contributed by atoms with Gasteiger partial charge in [-0.1, -0.05) is 6.07 Å². The predicted octanol–water partition coefficient (Wildman–Crippen LogP) is 3.28. The second-order valence-corrected chi connectivity index (χ2v) is 7.10. The fourth-order valence-electron chi connectivity index (χ4n) is 3.40. The number of morpholine rings is 1. The van der Waals surface area contributed by atoms with Crippen LogP contribution in [0.2, 0.25) is 0 Å². The first-order valence-electron chi connectivity index (χ1n) is 9.68. The zero-order valence-electron chi connectivity index (χ0n) is 17.0. The molecule has 11 heteroatoms. The summed E-state index contributed by atoms with van der Waals surface area (Å²) in [5, 5.41) is 3.56. The Morgan fingerprint density at radius 1 is 1.29 bits per heavy atom. The molecule has 3 aromatic heterocycles. The number of nitrogens with zero attached hydrogens (tertiary/aromatic N) is 5. The van der Waals surface area contributed by atoms with Gasteiger partial charge in [0.25, 0.3) is 0 Å². The molecule has 31 heavy (non-hydrogen) atoms. The van der Waals surface area contributed by atoms with Crippen LogP contribution < -0.4 is 15.0 Å². The van der Waals surface area contributed by atoms with Gasteiger partial charge in [-0.25, -0.2) is 4.98 Å². The third kappa shape index (κ3) is 4.46. The van der Waals surface area contributed by atoms with Crippen molar-refractivity contribution in [2.24, 2.45) is 0 Å². The smallest absolute Gasteiger partial charge is 0.433 e. The van der Waals surface area contributed by atoms with E-state index in [0.717, 1.165) is 6.20 Å². The number of aromatic nitrogens is 4. The summed E-state index contributed by atoms with van der Waals surface area (Å²) in [6.45, 7) is 3.54. The molecule has 0 radical (unpaired) electrons. The Bertz CT molecular complexity index is 1080. The molecule has 164 valence electrons. The van der Waals surface area contributed by atoms with Gasteiger partial charge in [-0.15, -0.1) is 0 Å². The number of hydrogen-bond donors (Lipinski definition) is 1. The van der Waals surface area contributed by atoms with Crippen molar-refractivity contribution in [1.82, 2.24) is 19.9 Å². The van der Waals surface area contributed by atoms with E-state index >= 15 is 0 Å². The minimum absolute atomic E-state index is 0.0129. The largest absolute Gasteiger partial charge is 0.495 e. The van der Waals surface area contributed by atoms with Gasteiger partial charge < -0.3 is 19.7 Å². The Balaban J connectivity index is 1.73. The maximum atomic E-state index is 13.3. The summed E-state index contributed by atoms with van der Waals surface area (Å²) in [5.41, 5.74) is -0.508. The predicted molar refractivity (Wildman–Crippen MR) is 108 cm³/mol. The first kappa shape index (κ1) is 21.0. The number of pyridine rings is 2. The van der Waals surface area contributed by atoms with Gasteiger partial charge in [-0.2, -0.15) is 23.1 Å². The lowest BCUT2D eigenvalue weighted by Gasteiger charge is -2.33. The Morgan fingerprint density at radius 2 is 2.13 bits per heavy atom. The van der Waals surface area contributed by atoms with Gasteiger partial charge in [0.05, 0.1) is 37.9 Å². The molecule has 0 saturated carbocycles. The molecule has 1 atom stereocenters. The molecule has 0 spiro atoms. The molecule has 1 fully saturated rings. The topological polar surface area (TPSA) is 85.3 Å². The van der Waals surface area contributed by atoms with Gasteiger partial charge in [-0.05, 0) is 19.1 Å². The van der Waals surface area contributed by atoms with E-state index in [4.69, 9.17) is 9.47 Å². The molecule has 1 N–H and O–H groups in total.